The summed E-state index contributed by atoms with van der Waals surface area (Å²) in [6.07, 6.45) is 0. The number of hydrogen-bond acceptors (Lipinski definition) is 3. The SMILES string of the molecule is Cc1ccc(N(C)C(=O)COc2cc(=O)n(C)c3ccccc23)cc1C. The third-order valence-electron chi connectivity index (χ3n) is 4.72. The summed E-state index contributed by atoms with van der Waals surface area (Å²) >= 11 is 0. The summed E-state index contributed by atoms with van der Waals surface area (Å²) in [6, 6.07) is 14.8. The molecule has 0 spiro atoms. The first-order chi connectivity index (χ1) is 12.4. The topological polar surface area (TPSA) is 51.5 Å². The van der Waals surface area contributed by atoms with E-state index in [-0.39, 0.29) is 18.1 Å². The standard InChI is InChI=1S/C21H22N2O3/c1-14-9-10-16(11-15(14)2)22(3)21(25)13-26-19-12-20(24)23(4)18-8-6-5-7-17(18)19/h5-12H,13H2,1-4H3. The smallest absolute Gasteiger partial charge is 0.264 e. The van der Waals surface area contributed by atoms with Crippen LogP contribution in [0.2, 0.25) is 0 Å². The van der Waals surface area contributed by atoms with Crippen LogP contribution in [0.15, 0.2) is 53.3 Å². The van der Waals surface area contributed by atoms with Crippen LogP contribution in [0, 0.1) is 13.8 Å². The Morgan fingerprint density at radius 2 is 1.81 bits per heavy atom. The van der Waals surface area contributed by atoms with Gasteiger partial charge in [-0.1, -0.05) is 18.2 Å². The van der Waals surface area contributed by atoms with Crippen LogP contribution in [-0.4, -0.2) is 24.1 Å². The van der Waals surface area contributed by atoms with Gasteiger partial charge in [-0.2, -0.15) is 0 Å². The molecule has 0 bridgehead atoms. The first kappa shape index (κ1) is 17.7. The highest BCUT2D eigenvalue weighted by Gasteiger charge is 2.14. The lowest BCUT2D eigenvalue weighted by Crippen LogP contribution is -2.31. The van der Waals surface area contributed by atoms with Gasteiger partial charge in [-0.25, -0.2) is 0 Å². The maximum atomic E-state index is 12.5. The number of likely N-dealkylation sites (N-methyl/N-ethyl adjacent to an activating group) is 1. The maximum absolute atomic E-state index is 12.5. The number of anilines is 1. The van der Waals surface area contributed by atoms with Gasteiger partial charge in [-0.15, -0.1) is 0 Å². The van der Waals surface area contributed by atoms with E-state index in [1.807, 2.05) is 56.3 Å². The zero-order chi connectivity index (χ0) is 18.8. The van der Waals surface area contributed by atoms with Gasteiger partial charge in [0.15, 0.2) is 6.61 Å². The van der Waals surface area contributed by atoms with E-state index in [9.17, 15) is 9.59 Å². The van der Waals surface area contributed by atoms with Gasteiger partial charge in [0.05, 0.1) is 5.52 Å². The number of rotatable bonds is 4. The van der Waals surface area contributed by atoms with Crippen molar-refractivity contribution in [1.29, 1.82) is 0 Å². The fourth-order valence-electron chi connectivity index (χ4n) is 2.81. The Morgan fingerprint density at radius 1 is 1.08 bits per heavy atom. The number of nitrogens with zero attached hydrogens (tertiary/aromatic N) is 2. The summed E-state index contributed by atoms with van der Waals surface area (Å²) < 4.78 is 7.27. The van der Waals surface area contributed by atoms with Crippen molar-refractivity contribution in [1.82, 2.24) is 4.57 Å². The molecule has 3 rings (SSSR count). The van der Waals surface area contributed by atoms with Crippen molar-refractivity contribution in [3.05, 3.63) is 70.0 Å². The zero-order valence-electron chi connectivity index (χ0n) is 15.4. The highest BCUT2D eigenvalue weighted by Crippen LogP contribution is 2.23. The number of pyridine rings is 1. The van der Waals surface area contributed by atoms with Gasteiger partial charge in [0.2, 0.25) is 0 Å². The van der Waals surface area contributed by atoms with Gasteiger partial charge in [-0.3, -0.25) is 9.59 Å². The van der Waals surface area contributed by atoms with E-state index in [0.29, 0.717) is 5.75 Å². The fraction of sp³-hybridized carbons (Fsp3) is 0.238. The van der Waals surface area contributed by atoms with E-state index in [1.165, 1.54) is 11.6 Å². The molecular weight excluding hydrogens is 328 g/mol. The summed E-state index contributed by atoms with van der Waals surface area (Å²) in [4.78, 5) is 26.2. The molecule has 0 unspecified atom stereocenters. The molecule has 5 heteroatoms. The summed E-state index contributed by atoms with van der Waals surface area (Å²) in [6.45, 7) is 3.91. The van der Waals surface area contributed by atoms with Crippen LogP contribution in [-0.2, 0) is 11.8 Å². The third-order valence-corrected chi connectivity index (χ3v) is 4.72. The van der Waals surface area contributed by atoms with E-state index in [1.54, 1.807) is 23.6 Å². The van der Waals surface area contributed by atoms with Crippen molar-refractivity contribution in [3.8, 4) is 5.75 Å². The number of hydrogen-bond donors (Lipinski definition) is 0. The van der Waals surface area contributed by atoms with E-state index >= 15 is 0 Å². The molecule has 0 saturated heterocycles. The largest absolute Gasteiger partial charge is 0.483 e. The molecule has 0 N–H and O–H groups in total. The summed E-state index contributed by atoms with van der Waals surface area (Å²) in [7, 11) is 3.44. The normalized spacial score (nSPS) is 10.8. The Morgan fingerprint density at radius 3 is 2.54 bits per heavy atom. The van der Waals surface area contributed by atoms with Crippen LogP contribution >= 0.6 is 0 Å². The molecule has 0 aliphatic carbocycles. The predicted molar refractivity (Wildman–Crippen MR) is 104 cm³/mol. The number of ether oxygens (including phenoxy) is 1. The molecule has 2 aromatic carbocycles. The first-order valence-electron chi connectivity index (χ1n) is 8.44. The average Bonchev–Trinajstić information content (AvgIpc) is 2.65. The van der Waals surface area contributed by atoms with Crippen LogP contribution in [0.3, 0.4) is 0 Å². The molecule has 0 aliphatic rings. The van der Waals surface area contributed by atoms with Gasteiger partial charge < -0.3 is 14.2 Å². The average molecular weight is 350 g/mol. The number of fused-ring (bicyclic) bond motifs is 1. The first-order valence-corrected chi connectivity index (χ1v) is 8.44. The van der Waals surface area contributed by atoms with Gasteiger partial charge >= 0.3 is 0 Å². The molecule has 134 valence electrons. The van der Waals surface area contributed by atoms with Crippen molar-refractivity contribution < 1.29 is 9.53 Å². The third kappa shape index (κ3) is 3.33. The quantitative estimate of drug-likeness (QED) is 0.726. The molecule has 0 radical (unpaired) electrons. The Bertz CT molecular complexity index is 1040. The minimum Gasteiger partial charge on any atom is -0.483 e. The highest BCUT2D eigenvalue weighted by atomic mass is 16.5. The van der Waals surface area contributed by atoms with Crippen LogP contribution in [0.4, 0.5) is 5.69 Å². The van der Waals surface area contributed by atoms with E-state index in [2.05, 4.69) is 0 Å². The van der Waals surface area contributed by atoms with Crippen molar-refractivity contribution in [3.63, 3.8) is 0 Å². The number of carbonyl (C=O) groups excluding carboxylic acids is 1. The number of aryl methyl sites for hydroxylation is 3. The van der Waals surface area contributed by atoms with Crippen LogP contribution < -0.4 is 15.2 Å². The van der Waals surface area contributed by atoms with Crippen LogP contribution in [0.1, 0.15) is 11.1 Å². The molecule has 26 heavy (non-hydrogen) atoms. The predicted octanol–water partition coefficient (Wildman–Crippen LogP) is 3.20. The molecule has 1 aromatic heterocycles. The lowest BCUT2D eigenvalue weighted by Gasteiger charge is -2.19. The van der Waals surface area contributed by atoms with Crippen molar-refractivity contribution >= 4 is 22.5 Å². The molecule has 3 aromatic rings. The van der Waals surface area contributed by atoms with Crippen LogP contribution in [0.25, 0.3) is 10.9 Å². The second-order valence-electron chi connectivity index (χ2n) is 6.43. The number of carbonyl (C=O) groups is 1. The Balaban J connectivity index is 1.81. The van der Waals surface area contributed by atoms with E-state index < -0.39 is 0 Å². The molecule has 0 fully saturated rings. The van der Waals surface area contributed by atoms with Crippen LogP contribution in [0.5, 0.6) is 5.75 Å². The number of para-hydroxylation sites is 1. The van der Waals surface area contributed by atoms with Crippen molar-refractivity contribution in [2.75, 3.05) is 18.6 Å². The summed E-state index contributed by atoms with van der Waals surface area (Å²) in [5, 5.41) is 0.802. The van der Waals surface area contributed by atoms with Crippen molar-refractivity contribution in [2.45, 2.75) is 13.8 Å². The molecule has 1 heterocycles. The summed E-state index contributed by atoms with van der Waals surface area (Å²) in [5.41, 5.74) is 3.72. The monoisotopic (exact) mass is 350 g/mol. The fourth-order valence-corrected chi connectivity index (χ4v) is 2.81. The lowest BCUT2D eigenvalue weighted by molar-refractivity contribution is -0.120. The molecular formula is C21H22N2O3. The van der Waals surface area contributed by atoms with E-state index in [4.69, 9.17) is 4.74 Å². The molecule has 0 saturated carbocycles. The van der Waals surface area contributed by atoms with Gasteiger partial charge in [0, 0.05) is 31.2 Å². The Hall–Kier alpha value is -3.08. The van der Waals surface area contributed by atoms with E-state index in [0.717, 1.165) is 22.2 Å². The molecule has 1 amide bonds. The Kier molecular flexibility index (Phi) is 4.80. The van der Waals surface area contributed by atoms with Gasteiger partial charge in [0.25, 0.3) is 11.5 Å². The zero-order valence-corrected chi connectivity index (χ0v) is 15.4. The number of benzene rings is 2. The second kappa shape index (κ2) is 7.04. The minimum atomic E-state index is -0.182. The maximum Gasteiger partial charge on any atom is 0.264 e. The lowest BCUT2D eigenvalue weighted by atomic mass is 10.1. The molecule has 5 nitrogen and oxygen atoms in total. The number of amides is 1. The summed E-state index contributed by atoms with van der Waals surface area (Å²) in [5.74, 6) is 0.239. The second-order valence-corrected chi connectivity index (χ2v) is 6.43. The Labute approximate surface area is 152 Å². The van der Waals surface area contributed by atoms with Gasteiger partial charge in [0.1, 0.15) is 5.75 Å². The van der Waals surface area contributed by atoms with Gasteiger partial charge in [-0.05, 0) is 49.2 Å². The highest BCUT2D eigenvalue weighted by molar-refractivity contribution is 5.94. The molecule has 0 atom stereocenters. The number of aromatic nitrogens is 1. The molecule has 0 aliphatic heterocycles. The minimum absolute atomic E-state index is 0.138. The van der Waals surface area contributed by atoms with Crippen molar-refractivity contribution in [2.24, 2.45) is 7.05 Å².